The van der Waals surface area contributed by atoms with Crippen molar-refractivity contribution in [2.45, 2.75) is 19.8 Å². The summed E-state index contributed by atoms with van der Waals surface area (Å²) in [5, 5.41) is 8.32. The molecule has 1 heterocycles. The molecule has 0 radical (unpaired) electrons. The van der Waals surface area contributed by atoms with Crippen LogP contribution in [-0.4, -0.2) is 94.5 Å². The van der Waals surface area contributed by atoms with E-state index >= 15 is 0 Å². The van der Waals surface area contributed by atoms with Gasteiger partial charge in [-0.05, 0) is 6.42 Å². The Morgan fingerprint density at radius 1 is 1.00 bits per heavy atom. The molecule has 8 heteroatoms. The Morgan fingerprint density at radius 3 is 2.00 bits per heavy atom. The van der Waals surface area contributed by atoms with Crippen molar-refractivity contribution in [2.24, 2.45) is 0 Å². The number of aliphatic carboxylic acids is 1. The average Bonchev–Trinajstić information content (AvgIpc) is 2.98. The van der Waals surface area contributed by atoms with Gasteiger partial charge in [-0.2, -0.15) is 0 Å². The number of carboxylic acids is 1. The standard InChI is InChI=1S/C10H20O6.C7H14N2/c1-13-4-5-15-8-9-16-7-6-14-3-2-10(11)12;1-3-4-9-6-5-8(2)7-9/h2-9H2,1H3,(H,11,12);5-6H,3-4,7H2,1-2H3. The van der Waals surface area contributed by atoms with Gasteiger partial charge in [-0.25, -0.2) is 0 Å². The molecule has 0 bridgehead atoms. The molecule has 0 amide bonds. The number of carbonyl (C=O) groups is 1. The summed E-state index contributed by atoms with van der Waals surface area (Å²) in [5.74, 6) is -0.854. The SMILES string of the molecule is CCCN1C=CN(C)C1.COCCOCCOCCOCCC(=O)O. The van der Waals surface area contributed by atoms with E-state index in [0.29, 0.717) is 39.6 Å². The highest BCUT2D eigenvalue weighted by Crippen LogP contribution is 2.02. The number of hydrogen-bond acceptors (Lipinski definition) is 7. The van der Waals surface area contributed by atoms with Crippen molar-refractivity contribution in [3.63, 3.8) is 0 Å². The Morgan fingerprint density at radius 2 is 1.56 bits per heavy atom. The van der Waals surface area contributed by atoms with Crippen LogP contribution in [0.15, 0.2) is 12.4 Å². The van der Waals surface area contributed by atoms with E-state index in [4.69, 9.17) is 24.1 Å². The summed E-state index contributed by atoms with van der Waals surface area (Å²) in [4.78, 5) is 14.6. The molecule has 0 fully saturated rings. The van der Waals surface area contributed by atoms with Crippen LogP contribution in [0.5, 0.6) is 0 Å². The topological polar surface area (TPSA) is 80.7 Å². The van der Waals surface area contributed by atoms with Gasteiger partial charge in [0.2, 0.25) is 0 Å². The fourth-order valence-electron chi connectivity index (χ4n) is 1.86. The molecule has 0 aromatic rings. The monoisotopic (exact) mass is 362 g/mol. The number of carboxylic acid groups (broad SMARTS) is 1. The van der Waals surface area contributed by atoms with Crippen molar-refractivity contribution < 1.29 is 28.8 Å². The second kappa shape index (κ2) is 17.5. The maximum atomic E-state index is 10.1. The molecule has 8 nitrogen and oxygen atoms in total. The van der Waals surface area contributed by atoms with Crippen LogP contribution >= 0.6 is 0 Å². The smallest absolute Gasteiger partial charge is 0.305 e. The second-order valence-corrected chi connectivity index (χ2v) is 5.48. The third-order valence-electron chi connectivity index (χ3n) is 3.08. The molecule has 0 aromatic heterocycles. The van der Waals surface area contributed by atoms with E-state index in [1.165, 1.54) is 13.0 Å². The second-order valence-electron chi connectivity index (χ2n) is 5.48. The molecule has 0 aromatic carbocycles. The summed E-state index contributed by atoms with van der Waals surface area (Å²) in [5.41, 5.74) is 0. The van der Waals surface area contributed by atoms with Gasteiger partial charge in [-0.15, -0.1) is 0 Å². The molecule has 0 spiro atoms. The highest BCUT2D eigenvalue weighted by molar-refractivity contribution is 5.66. The van der Waals surface area contributed by atoms with E-state index in [0.717, 1.165) is 6.67 Å². The molecule has 25 heavy (non-hydrogen) atoms. The van der Waals surface area contributed by atoms with Crippen LogP contribution in [0.3, 0.4) is 0 Å². The minimum absolute atomic E-state index is 0.0279. The first kappa shape index (κ1) is 23.6. The van der Waals surface area contributed by atoms with Gasteiger partial charge in [0.15, 0.2) is 0 Å². The minimum Gasteiger partial charge on any atom is -0.481 e. The first-order valence-electron chi connectivity index (χ1n) is 8.66. The Hall–Kier alpha value is -1.35. The molecular formula is C17H34N2O6. The van der Waals surface area contributed by atoms with Crippen LogP contribution in [0, 0.1) is 0 Å². The van der Waals surface area contributed by atoms with E-state index in [1.54, 1.807) is 7.11 Å². The number of ether oxygens (including phenoxy) is 4. The van der Waals surface area contributed by atoms with Crippen LogP contribution < -0.4 is 0 Å². The predicted octanol–water partition coefficient (Wildman–Crippen LogP) is 1.23. The van der Waals surface area contributed by atoms with Gasteiger partial charge in [0.25, 0.3) is 0 Å². The lowest BCUT2D eigenvalue weighted by molar-refractivity contribution is -0.138. The van der Waals surface area contributed by atoms with Crippen LogP contribution in [-0.2, 0) is 23.7 Å². The van der Waals surface area contributed by atoms with Gasteiger partial charge in [0.1, 0.15) is 0 Å². The number of nitrogens with zero attached hydrogens (tertiary/aromatic N) is 2. The Kier molecular flexibility index (Phi) is 16.5. The summed E-state index contributed by atoms with van der Waals surface area (Å²) in [6.45, 7) is 7.71. The van der Waals surface area contributed by atoms with Gasteiger partial charge < -0.3 is 33.9 Å². The van der Waals surface area contributed by atoms with Gasteiger partial charge in [0, 0.05) is 33.1 Å². The zero-order chi connectivity index (χ0) is 18.8. The normalized spacial score (nSPS) is 13.1. The first-order valence-corrected chi connectivity index (χ1v) is 8.66. The molecule has 0 aliphatic carbocycles. The van der Waals surface area contributed by atoms with Crippen molar-refractivity contribution in [3.8, 4) is 0 Å². The summed E-state index contributed by atoms with van der Waals surface area (Å²) >= 11 is 0. The van der Waals surface area contributed by atoms with Crippen LogP contribution in [0.4, 0.5) is 0 Å². The molecule has 1 aliphatic rings. The van der Waals surface area contributed by atoms with Crippen LogP contribution in [0.1, 0.15) is 19.8 Å². The molecule has 1 rings (SSSR count). The third-order valence-corrected chi connectivity index (χ3v) is 3.08. The fourth-order valence-corrected chi connectivity index (χ4v) is 1.86. The molecule has 0 saturated carbocycles. The molecule has 0 atom stereocenters. The van der Waals surface area contributed by atoms with Crippen molar-refractivity contribution in [3.05, 3.63) is 12.4 Å². The van der Waals surface area contributed by atoms with Crippen molar-refractivity contribution >= 4 is 5.97 Å². The number of methoxy groups -OCH3 is 1. The molecular weight excluding hydrogens is 328 g/mol. The van der Waals surface area contributed by atoms with Crippen molar-refractivity contribution in [1.82, 2.24) is 9.80 Å². The summed E-state index contributed by atoms with van der Waals surface area (Å²) in [6, 6.07) is 0. The van der Waals surface area contributed by atoms with Crippen LogP contribution in [0.25, 0.3) is 0 Å². The van der Waals surface area contributed by atoms with E-state index in [1.807, 2.05) is 0 Å². The van der Waals surface area contributed by atoms with Crippen LogP contribution in [0.2, 0.25) is 0 Å². The molecule has 1 aliphatic heterocycles. The zero-order valence-electron chi connectivity index (χ0n) is 15.8. The lowest BCUT2D eigenvalue weighted by atomic mass is 10.4. The van der Waals surface area contributed by atoms with Gasteiger partial charge in [-0.3, -0.25) is 4.79 Å². The molecule has 0 saturated heterocycles. The average molecular weight is 362 g/mol. The number of hydrogen-bond donors (Lipinski definition) is 1. The van der Waals surface area contributed by atoms with E-state index in [2.05, 4.69) is 36.2 Å². The Balaban J connectivity index is 0.000000535. The largest absolute Gasteiger partial charge is 0.481 e. The van der Waals surface area contributed by atoms with Gasteiger partial charge >= 0.3 is 5.97 Å². The third kappa shape index (κ3) is 17.3. The number of rotatable bonds is 14. The van der Waals surface area contributed by atoms with E-state index < -0.39 is 5.97 Å². The summed E-state index contributed by atoms with van der Waals surface area (Å²) in [6.07, 6.45) is 5.51. The maximum Gasteiger partial charge on any atom is 0.305 e. The molecule has 0 unspecified atom stereocenters. The first-order chi connectivity index (χ1) is 12.1. The fraction of sp³-hybridized carbons (Fsp3) is 0.824. The lowest BCUT2D eigenvalue weighted by Crippen LogP contribution is -2.22. The highest BCUT2D eigenvalue weighted by atomic mass is 16.6. The zero-order valence-corrected chi connectivity index (χ0v) is 15.8. The summed E-state index contributed by atoms with van der Waals surface area (Å²) in [7, 11) is 3.71. The minimum atomic E-state index is -0.854. The van der Waals surface area contributed by atoms with Gasteiger partial charge in [-0.1, -0.05) is 6.92 Å². The van der Waals surface area contributed by atoms with E-state index in [9.17, 15) is 4.79 Å². The van der Waals surface area contributed by atoms with E-state index in [-0.39, 0.29) is 13.0 Å². The maximum absolute atomic E-state index is 10.1. The van der Waals surface area contributed by atoms with Crippen molar-refractivity contribution in [2.75, 3.05) is 73.6 Å². The van der Waals surface area contributed by atoms with Crippen molar-refractivity contribution in [1.29, 1.82) is 0 Å². The predicted molar refractivity (Wildman–Crippen MR) is 95.4 cm³/mol. The highest BCUT2D eigenvalue weighted by Gasteiger charge is 2.04. The molecule has 1 N–H and O–H groups in total. The lowest BCUT2D eigenvalue weighted by Gasteiger charge is -2.16. The summed E-state index contributed by atoms with van der Waals surface area (Å²) < 4.78 is 20.2. The molecule has 148 valence electrons. The quantitative estimate of drug-likeness (QED) is 0.462. The van der Waals surface area contributed by atoms with Gasteiger partial charge in [0.05, 0.1) is 59.3 Å². The Labute approximate surface area is 151 Å². The Bertz CT molecular complexity index is 341.